The van der Waals surface area contributed by atoms with Crippen LogP contribution in [0.3, 0.4) is 0 Å². The molecule has 0 aromatic rings. The summed E-state index contributed by atoms with van der Waals surface area (Å²) in [5.74, 6) is 0. The first-order valence-corrected chi connectivity index (χ1v) is 6.24. The van der Waals surface area contributed by atoms with Gasteiger partial charge < -0.3 is 19.5 Å². The van der Waals surface area contributed by atoms with Crippen molar-refractivity contribution in [2.24, 2.45) is 0 Å². The smallest absolute Gasteiger partial charge is 0.0809 e. The van der Waals surface area contributed by atoms with E-state index in [-0.39, 0.29) is 0 Å². The molecule has 1 aliphatic rings. The summed E-state index contributed by atoms with van der Waals surface area (Å²) in [5, 5.41) is 3.38. The monoisotopic (exact) mass is 231 g/mol. The predicted molar refractivity (Wildman–Crippen MR) is 63.8 cm³/mol. The lowest BCUT2D eigenvalue weighted by atomic mass is 10.2. The number of hydrogen-bond donors (Lipinski definition) is 1. The molecule has 0 radical (unpaired) electrons. The molecule has 0 bridgehead atoms. The normalized spacial score (nSPS) is 22.5. The zero-order chi connectivity index (χ0) is 11.6. The first-order chi connectivity index (χ1) is 7.83. The third kappa shape index (κ3) is 6.43. The molecule has 16 heavy (non-hydrogen) atoms. The van der Waals surface area contributed by atoms with Crippen molar-refractivity contribution in [2.45, 2.75) is 38.3 Å². The Labute approximate surface area is 98.6 Å². The fraction of sp³-hybridized carbons (Fsp3) is 1.00. The number of methoxy groups -OCH3 is 1. The summed E-state index contributed by atoms with van der Waals surface area (Å²) in [7, 11) is 1.73. The number of rotatable bonds is 9. The van der Waals surface area contributed by atoms with E-state index in [1.54, 1.807) is 7.11 Å². The van der Waals surface area contributed by atoms with Crippen molar-refractivity contribution in [2.75, 3.05) is 40.1 Å². The van der Waals surface area contributed by atoms with Crippen LogP contribution in [-0.4, -0.2) is 52.2 Å². The van der Waals surface area contributed by atoms with Crippen molar-refractivity contribution in [3.8, 4) is 0 Å². The van der Waals surface area contributed by atoms with E-state index in [0.717, 1.165) is 45.8 Å². The van der Waals surface area contributed by atoms with Crippen LogP contribution in [0, 0.1) is 0 Å². The third-order valence-electron chi connectivity index (χ3n) is 2.70. The Hall–Kier alpha value is -0.160. The lowest BCUT2D eigenvalue weighted by molar-refractivity contribution is 0.0164. The molecule has 1 N–H and O–H groups in total. The van der Waals surface area contributed by atoms with E-state index in [9.17, 15) is 0 Å². The second-order valence-electron chi connectivity index (χ2n) is 4.37. The number of nitrogens with one attached hydrogen (secondary N) is 1. The van der Waals surface area contributed by atoms with Crippen LogP contribution in [0.4, 0.5) is 0 Å². The van der Waals surface area contributed by atoms with Crippen molar-refractivity contribution >= 4 is 0 Å². The van der Waals surface area contributed by atoms with Crippen LogP contribution in [0.5, 0.6) is 0 Å². The average molecular weight is 231 g/mol. The summed E-state index contributed by atoms with van der Waals surface area (Å²) >= 11 is 0. The minimum Gasteiger partial charge on any atom is -0.383 e. The maximum atomic E-state index is 5.56. The summed E-state index contributed by atoms with van der Waals surface area (Å²) in [6.07, 6.45) is 3.73. The van der Waals surface area contributed by atoms with E-state index in [4.69, 9.17) is 14.2 Å². The molecule has 0 aromatic carbocycles. The molecule has 4 nitrogen and oxygen atoms in total. The molecular formula is C12H25NO3. The van der Waals surface area contributed by atoms with Crippen LogP contribution in [-0.2, 0) is 14.2 Å². The topological polar surface area (TPSA) is 39.7 Å². The molecule has 0 unspecified atom stereocenters. The number of ether oxygens (including phenoxy) is 3. The fourth-order valence-corrected chi connectivity index (χ4v) is 1.82. The zero-order valence-corrected chi connectivity index (χ0v) is 10.5. The lowest BCUT2D eigenvalue weighted by Crippen LogP contribution is -2.31. The summed E-state index contributed by atoms with van der Waals surface area (Å²) in [6.45, 7) is 6.34. The Kier molecular flexibility index (Phi) is 7.76. The van der Waals surface area contributed by atoms with Crippen LogP contribution in [0.2, 0.25) is 0 Å². The highest BCUT2D eigenvalue weighted by atomic mass is 16.5. The minimum absolute atomic E-state index is 0.348. The van der Waals surface area contributed by atoms with Gasteiger partial charge in [-0.25, -0.2) is 0 Å². The van der Waals surface area contributed by atoms with Crippen molar-refractivity contribution in [3.63, 3.8) is 0 Å². The van der Waals surface area contributed by atoms with Gasteiger partial charge in [-0.15, -0.1) is 0 Å². The van der Waals surface area contributed by atoms with Crippen LogP contribution in [0.15, 0.2) is 0 Å². The van der Waals surface area contributed by atoms with E-state index >= 15 is 0 Å². The summed E-state index contributed by atoms with van der Waals surface area (Å²) in [6, 6.07) is 0.420. The Morgan fingerprint density at radius 2 is 2.38 bits per heavy atom. The van der Waals surface area contributed by atoms with Gasteiger partial charge in [0.2, 0.25) is 0 Å². The summed E-state index contributed by atoms with van der Waals surface area (Å²) in [4.78, 5) is 0. The van der Waals surface area contributed by atoms with Crippen molar-refractivity contribution in [1.82, 2.24) is 5.32 Å². The minimum atomic E-state index is 0.348. The van der Waals surface area contributed by atoms with Gasteiger partial charge in [-0.1, -0.05) is 0 Å². The first-order valence-electron chi connectivity index (χ1n) is 6.24. The SMILES string of the molecule is COC[C@H](C)NCCCOC[C@@H]1CCCO1. The molecule has 0 aliphatic carbocycles. The number of hydrogen-bond acceptors (Lipinski definition) is 4. The molecule has 4 heteroatoms. The highest BCUT2D eigenvalue weighted by Gasteiger charge is 2.14. The summed E-state index contributed by atoms with van der Waals surface area (Å²) in [5.41, 5.74) is 0. The van der Waals surface area contributed by atoms with E-state index in [1.807, 2.05) is 0 Å². The fourth-order valence-electron chi connectivity index (χ4n) is 1.82. The largest absolute Gasteiger partial charge is 0.383 e. The predicted octanol–water partition coefficient (Wildman–Crippen LogP) is 1.20. The van der Waals surface area contributed by atoms with E-state index < -0.39 is 0 Å². The van der Waals surface area contributed by atoms with Gasteiger partial charge >= 0.3 is 0 Å². The quantitative estimate of drug-likeness (QED) is 0.605. The van der Waals surface area contributed by atoms with Gasteiger partial charge in [-0.3, -0.25) is 0 Å². The van der Waals surface area contributed by atoms with Gasteiger partial charge in [0, 0.05) is 26.4 Å². The molecule has 0 saturated carbocycles. The van der Waals surface area contributed by atoms with E-state index in [2.05, 4.69) is 12.2 Å². The van der Waals surface area contributed by atoms with Gasteiger partial charge in [0.1, 0.15) is 0 Å². The average Bonchev–Trinajstić information content (AvgIpc) is 2.76. The van der Waals surface area contributed by atoms with Gasteiger partial charge in [0.05, 0.1) is 19.3 Å². The second kappa shape index (κ2) is 8.93. The molecule has 2 atom stereocenters. The molecule has 1 rings (SSSR count). The van der Waals surface area contributed by atoms with Gasteiger partial charge in [0.15, 0.2) is 0 Å². The van der Waals surface area contributed by atoms with Crippen molar-refractivity contribution in [1.29, 1.82) is 0 Å². The Balaban J connectivity index is 1.80. The molecule has 0 spiro atoms. The molecular weight excluding hydrogens is 206 g/mol. The Bertz CT molecular complexity index is 160. The maximum Gasteiger partial charge on any atom is 0.0809 e. The Morgan fingerprint density at radius 1 is 1.50 bits per heavy atom. The molecule has 96 valence electrons. The maximum absolute atomic E-state index is 5.56. The second-order valence-corrected chi connectivity index (χ2v) is 4.37. The Morgan fingerprint density at radius 3 is 3.06 bits per heavy atom. The molecule has 1 fully saturated rings. The van der Waals surface area contributed by atoms with Gasteiger partial charge in [-0.2, -0.15) is 0 Å². The third-order valence-corrected chi connectivity index (χ3v) is 2.70. The highest BCUT2D eigenvalue weighted by molar-refractivity contribution is 4.63. The molecule has 0 aromatic heterocycles. The van der Waals surface area contributed by atoms with Crippen molar-refractivity contribution < 1.29 is 14.2 Å². The first kappa shape index (κ1) is 13.9. The van der Waals surface area contributed by atoms with E-state index in [1.165, 1.54) is 6.42 Å². The molecule has 1 aliphatic heterocycles. The highest BCUT2D eigenvalue weighted by Crippen LogP contribution is 2.11. The summed E-state index contributed by atoms with van der Waals surface area (Å²) < 4.78 is 16.1. The van der Waals surface area contributed by atoms with E-state index in [0.29, 0.717) is 12.1 Å². The van der Waals surface area contributed by atoms with Gasteiger partial charge in [-0.05, 0) is 32.7 Å². The van der Waals surface area contributed by atoms with Crippen molar-refractivity contribution in [3.05, 3.63) is 0 Å². The lowest BCUT2D eigenvalue weighted by Gasteiger charge is -2.13. The standard InChI is InChI=1S/C12H25NO3/c1-11(9-14-2)13-6-4-7-15-10-12-5-3-8-16-12/h11-13H,3-10H2,1-2H3/t11-,12-/m0/s1. The molecule has 1 heterocycles. The van der Waals surface area contributed by atoms with Gasteiger partial charge in [0.25, 0.3) is 0 Å². The van der Waals surface area contributed by atoms with Crippen LogP contribution in [0.1, 0.15) is 26.2 Å². The molecule has 1 saturated heterocycles. The molecule has 0 amide bonds. The van der Waals surface area contributed by atoms with Crippen LogP contribution in [0.25, 0.3) is 0 Å². The van der Waals surface area contributed by atoms with Crippen LogP contribution < -0.4 is 5.32 Å². The zero-order valence-electron chi connectivity index (χ0n) is 10.5. The van der Waals surface area contributed by atoms with Crippen LogP contribution >= 0.6 is 0 Å².